The van der Waals surface area contributed by atoms with Crippen LogP contribution in [0.3, 0.4) is 0 Å². The van der Waals surface area contributed by atoms with Crippen molar-refractivity contribution in [3.05, 3.63) is 70.3 Å². The van der Waals surface area contributed by atoms with E-state index in [1.165, 1.54) is 24.8 Å². The quantitative estimate of drug-likeness (QED) is 0.546. The van der Waals surface area contributed by atoms with E-state index in [0.29, 0.717) is 0 Å². The molecule has 0 aliphatic rings. The number of terminal acetylenes is 1. The Morgan fingerprint density at radius 2 is 1.57 bits per heavy atom. The van der Waals surface area contributed by atoms with Gasteiger partial charge in [-0.1, -0.05) is 49.7 Å². The lowest BCUT2D eigenvalue weighted by Gasteiger charge is -2.01. The van der Waals surface area contributed by atoms with Gasteiger partial charge in [0.25, 0.3) is 0 Å². The normalized spacial score (nSPS) is 9.83. The third-order valence-electron chi connectivity index (χ3n) is 3.56. The zero-order chi connectivity index (χ0) is 16.7. The molecule has 2 aromatic rings. The summed E-state index contributed by atoms with van der Waals surface area (Å²) in [5, 5.41) is 0. The molecule has 0 fully saturated rings. The Kier molecular flexibility index (Phi) is 5.95. The van der Waals surface area contributed by atoms with Gasteiger partial charge in [0.1, 0.15) is 11.6 Å². The minimum atomic E-state index is -0.735. The van der Waals surface area contributed by atoms with E-state index in [-0.39, 0.29) is 11.1 Å². The standard InChI is InChI=1S/C21H18F2/c1-3-5-6-7-17-8-10-18(11-9-17)12-13-19-20(22)14-16(4-2)15-21(19)23/h2,8-11,14-15H,3,5-7H2,1H3. The SMILES string of the molecule is C#Cc1cc(F)c(C#Cc2ccc(CCCCC)cc2)c(F)c1. The summed E-state index contributed by atoms with van der Waals surface area (Å²) >= 11 is 0. The second-order valence-electron chi connectivity index (χ2n) is 5.36. The monoisotopic (exact) mass is 308 g/mol. The van der Waals surface area contributed by atoms with Crippen molar-refractivity contribution in [1.82, 2.24) is 0 Å². The predicted molar refractivity (Wildman–Crippen MR) is 89.9 cm³/mol. The molecule has 0 nitrogen and oxygen atoms in total. The molecule has 0 radical (unpaired) electrons. The molecule has 0 aliphatic heterocycles. The van der Waals surface area contributed by atoms with E-state index in [2.05, 4.69) is 24.7 Å². The molecular formula is C21H18F2. The van der Waals surface area contributed by atoms with E-state index in [1.807, 2.05) is 24.3 Å². The van der Waals surface area contributed by atoms with Gasteiger partial charge in [-0.3, -0.25) is 0 Å². The molecule has 0 atom stereocenters. The first-order valence-corrected chi connectivity index (χ1v) is 7.70. The van der Waals surface area contributed by atoms with Crippen LogP contribution in [0.15, 0.2) is 36.4 Å². The number of unbranched alkanes of at least 4 members (excludes halogenated alkanes) is 2. The van der Waals surface area contributed by atoms with Crippen molar-refractivity contribution in [3.63, 3.8) is 0 Å². The zero-order valence-corrected chi connectivity index (χ0v) is 13.1. The number of rotatable bonds is 4. The lowest BCUT2D eigenvalue weighted by atomic mass is 10.1. The first-order valence-electron chi connectivity index (χ1n) is 7.70. The average molecular weight is 308 g/mol. The summed E-state index contributed by atoms with van der Waals surface area (Å²) in [7, 11) is 0. The van der Waals surface area contributed by atoms with Crippen LogP contribution in [-0.2, 0) is 6.42 Å². The molecule has 0 aromatic heterocycles. The largest absolute Gasteiger partial charge is 0.205 e. The Balaban J connectivity index is 2.15. The van der Waals surface area contributed by atoms with Gasteiger partial charge in [-0.05, 0) is 42.7 Å². The van der Waals surface area contributed by atoms with Crippen LogP contribution < -0.4 is 0 Å². The highest BCUT2D eigenvalue weighted by molar-refractivity contribution is 5.47. The average Bonchev–Trinajstić information content (AvgIpc) is 2.55. The third kappa shape index (κ3) is 4.70. The fraction of sp³-hybridized carbons (Fsp3) is 0.238. The second-order valence-corrected chi connectivity index (χ2v) is 5.36. The molecule has 0 unspecified atom stereocenters. The van der Waals surface area contributed by atoms with Crippen LogP contribution in [0.2, 0.25) is 0 Å². The molecule has 0 bridgehead atoms. The summed E-state index contributed by atoms with van der Waals surface area (Å²) in [6, 6.07) is 10.00. The summed E-state index contributed by atoms with van der Waals surface area (Å²) in [4.78, 5) is 0. The van der Waals surface area contributed by atoms with Crippen molar-refractivity contribution >= 4 is 0 Å². The fourth-order valence-electron chi connectivity index (χ4n) is 2.24. The number of hydrogen-bond donors (Lipinski definition) is 0. The number of aryl methyl sites for hydroxylation is 1. The van der Waals surface area contributed by atoms with Gasteiger partial charge in [0.15, 0.2) is 0 Å². The Hall–Kier alpha value is -2.58. The zero-order valence-electron chi connectivity index (χ0n) is 13.1. The molecule has 0 saturated heterocycles. The van der Waals surface area contributed by atoms with Gasteiger partial charge in [0, 0.05) is 11.1 Å². The molecule has 0 saturated carbocycles. The highest BCUT2D eigenvalue weighted by Crippen LogP contribution is 2.14. The topological polar surface area (TPSA) is 0 Å². The number of halogens is 2. The molecular weight excluding hydrogens is 290 g/mol. The van der Waals surface area contributed by atoms with Crippen LogP contribution in [0.5, 0.6) is 0 Å². The lowest BCUT2D eigenvalue weighted by molar-refractivity contribution is 0.577. The van der Waals surface area contributed by atoms with Crippen molar-refractivity contribution in [1.29, 1.82) is 0 Å². The first-order chi connectivity index (χ1) is 11.1. The fourth-order valence-corrected chi connectivity index (χ4v) is 2.24. The Morgan fingerprint density at radius 1 is 0.913 bits per heavy atom. The van der Waals surface area contributed by atoms with Gasteiger partial charge >= 0.3 is 0 Å². The summed E-state index contributed by atoms with van der Waals surface area (Å²) < 4.78 is 27.6. The van der Waals surface area contributed by atoms with Crippen molar-refractivity contribution in [2.45, 2.75) is 32.6 Å². The highest BCUT2D eigenvalue weighted by atomic mass is 19.1. The molecule has 2 heteroatoms. The van der Waals surface area contributed by atoms with Crippen LogP contribution in [0.1, 0.15) is 48.4 Å². The maximum atomic E-state index is 13.8. The Morgan fingerprint density at radius 3 is 2.13 bits per heavy atom. The van der Waals surface area contributed by atoms with Crippen LogP contribution >= 0.6 is 0 Å². The van der Waals surface area contributed by atoms with Crippen molar-refractivity contribution in [2.24, 2.45) is 0 Å². The molecule has 0 heterocycles. The van der Waals surface area contributed by atoms with Gasteiger partial charge in [-0.25, -0.2) is 8.78 Å². The number of hydrogen-bond acceptors (Lipinski definition) is 0. The molecule has 2 rings (SSSR count). The molecule has 0 N–H and O–H groups in total. The molecule has 0 spiro atoms. The number of benzene rings is 2. The first kappa shape index (κ1) is 16.8. The smallest absolute Gasteiger partial charge is 0.143 e. The minimum absolute atomic E-state index is 0.169. The summed E-state index contributed by atoms with van der Waals surface area (Å²) in [6.07, 6.45) is 9.76. The van der Waals surface area contributed by atoms with Crippen molar-refractivity contribution in [3.8, 4) is 24.2 Å². The molecule has 23 heavy (non-hydrogen) atoms. The van der Waals surface area contributed by atoms with Crippen molar-refractivity contribution < 1.29 is 8.78 Å². The van der Waals surface area contributed by atoms with E-state index < -0.39 is 11.6 Å². The molecule has 116 valence electrons. The van der Waals surface area contributed by atoms with Crippen LogP contribution in [0.25, 0.3) is 0 Å². The van der Waals surface area contributed by atoms with Crippen LogP contribution in [-0.4, -0.2) is 0 Å². The minimum Gasteiger partial charge on any atom is -0.205 e. The second kappa shape index (κ2) is 8.16. The van der Waals surface area contributed by atoms with E-state index in [9.17, 15) is 8.78 Å². The van der Waals surface area contributed by atoms with Gasteiger partial charge in [0.2, 0.25) is 0 Å². The third-order valence-corrected chi connectivity index (χ3v) is 3.56. The summed E-state index contributed by atoms with van der Waals surface area (Å²) in [5.74, 6) is 6.08. The molecule has 2 aromatic carbocycles. The van der Waals surface area contributed by atoms with Crippen molar-refractivity contribution in [2.75, 3.05) is 0 Å². The lowest BCUT2D eigenvalue weighted by Crippen LogP contribution is -1.92. The van der Waals surface area contributed by atoms with E-state index in [1.54, 1.807) is 0 Å². The maximum Gasteiger partial charge on any atom is 0.143 e. The summed E-state index contributed by atoms with van der Waals surface area (Å²) in [5.41, 5.74) is 1.89. The Labute approximate surface area is 136 Å². The van der Waals surface area contributed by atoms with Crippen LogP contribution in [0, 0.1) is 35.8 Å². The summed E-state index contributed by atoms with van der Waals surface area (Å²) in [6.45, 7) is 2.17. The molecule has 0 aliphatic carbocycles. The Bertz CT molecular complexity index is 745. The van der Waals surface area contributed by atoms with Gasteiger partial charge in [-0.15, -0.1) is 6.42 Å². The highest BCUT2D eigenvalue weighted by Gasteiger charge is 2.08. The van der Waals surface area contributed by atoms with Gasteiger partial charge in [0.05, 0.1) is 5.56 Å². The van der Waals surface area contributed by atoms with Gasteiger partial charge < -0.3 is 0 Å². The van der Waals surface area contributed by atoms with E-state index in [4.69, 9.17) is 6.42 Å². The maximum absolute atomic E-state index is 13.8. The molecule has 0 amide bonds. The predicted octanol–water partition coefficient (Wildman–Crippen LogP) is 5.08. The van der Waals surface area contributed by atoms with Gasteiger partial charge in [-0.2, -0.15) is 0 Å². The van der Waals surface area contributed by atoms with E-state index >= 15 is 0 Å². The van der Waals surface area contributed by atoms with E-state index in [0.717, 1.165) is 24.1 Å². The van der Waals surface area contributed by atoms with Crippen LogP contribution in [0.4, 0.5) is 8.78 Å².